The van der Waals surface area contributed by atoms with Crippen LogP contribution in [-0.2, 0) is 19.1 Å². The zero-order chi connectivity index (χ0) is 16.4. The number of likely N-dealkylation sites (N-methyl/N-ethyl adjacent to an activating group) is 1. The van der Waals surface area contributed by atoms with Crippen molar-refractivity contribution in [3.05, 3.63) is 34.9 Å². The number of ether oxygens (including phenoxy) is 2. The molecule has 2 aliphatic heterocycles. The molecule has 0 aliphatic carbocycles. The minimum atomic E-state index is -0.711. The summed E-state index contributed by atoms with van der Waals surface area (Å²) in [7, 11) is 1.70. The third kappa shape index (κ3) is 3.34. The second-order valence-corrected chi connectivity index (χ2v) is 6.11. The summed E-state index contributed by atoms with van der Waals surface area (Å²) >= 11 is 5.94. The Labute approximate surface area is 139 Å². The predicted octanol–water partition coefficient (Wildman–Crippen LogP) is 1.10. The summed E-state index contributed by atoms with van der Waals surface area (Å²) in [6, 6.07) is 6.69. The number of halogens is 1. The summed E-state index contributed by atoms with van der Waals surface area (Å²) < 4.78 is 10.9. The summed E-state index contributed by atoms with van der Waals surface area (Å²) in [6.07, 6.45) is -0.711. The van der Waals surface area contributed by atoms with E-state index < -0.39 is 12.1 Å². The van der Waals surface area contributed by atoms with E-state index in [2.05, 4.69) is 0 Å². The molecule has 2 fully saturated rings. The van der Waals surface area contributed by atoms with Crippen molar-refractivity contribution < 1.29 is 19.1 Å². The number of morpholine rings is 2. The van der Waals surface area contributed by atoms with Gasteiger partial charge in [-0.15, -0.1) is 0 Å². The molecule has 0 bridgehead atoms. The van der Waals surface area contributed by atoms with Crippen LogP contribution in [0.15, 0.2) is 24.3 Å². The summed E-state index contributed by atoms with van der Waals surface area (Å²) in [5.74, 6) is -0.247. The quantitative estimate of drug-likeness (QED) is 0.810. The average Bonchev–Trinajstić information content (AvgIpc) is 2.58. The molecule has 0 unspecified atom stereocenters. The standard InChI is InChI=1S/C16H19ClN2O4/c1-18-13(20)10-23-15(16(21)19-6-8-22-9-7-19)14(18)11-2-4-12(17)5-3-11/h2-5,14-15H,6-10H2,1H3/t14-,15-/m1/s1. The highest BCUT2D eigenvalue weighted by Crippen LogP contribution is 2.31. The fourth-order valence-corrected chi connectivity index (χ4v) is 3.07. The van der Waals surface area contributed by atoms with E-state index in [-0.39, 0.29) is 18.4 Å². The van der Waals surface area contributed by atoms with Crippen LogP contribution >= 0.6 is 11.6 Å². The van der Waals surface area contributed by atoms with E-state index in [1.807, 2.05) is 12.1 Å². The van der Waals surface area contributed by atoms with Crippen LogP contribution in [0.5, 0.6) is 0 Å². The van der Waals surface area contributed by atoms with Gasteiger partial charge in [0.2, 0.25) is 5.91 Å². The molecule has 1 aromatic rings. The number of carbonyl (C=O) groups excluding carboxylic acids is 2. The molecule has 2 heterocycles. The number of rotatable bonds is 2. The van der Waals surface area contributed by atoms with Gasteiger partial charge in [-0.05, 0) is 17.7 Å². The lowest BCUT2D eigenvalue weighted by atomic mass is 9.97. The molecule has 0 N–H and O–H groups in total. The van der Waals surface area contributed by atoms with E-state index in [0.717, 1.165) is 5.56 Å². The molecule has 6 nitrogen and oxygen atoms in total. The normalized spacial score (nSPS) is 25.6. The Hall–Kier alpha value is -1.63. The molecule has 2 amide bonds. The van der Waals surface area contributed by atoms with Crippen LogP contribution in [0.2, 0.25) is 5.02 Å². The smallest absolute Gasteiger partial charge is 0.254 e. The SMILES string of the molecule is CN1C(=O)CO[C@@H](C(=O)N2CCOCC2)[C@H]1c1ccc(Cl)cc1. The molecule has 0 saturated carbocycles. The average molecular weight is 339 g/mol. The Kier molecular flexibility index (Phi) is 4.84. The van der Waals surface area contributed by atoms with Crippen LogP contribution in [-0.4, -0.2) is 67.7 Å². The second-order valence-electron chi connectivity index (χ2n) is 5.67. The van der Waals surface area contributed by atoms with Gasteiger partial charge in [0.25, 0.3) is 5.91 Å². The first-order chi connectivity index (χ1) is 11.1. The van der Waals surface area contributed by atoms with Crippen molar-refractivity contribution in [3.8, 4) is 0 Å². The molecule has 2 aliphatic rings. The van der Waals surface area contributed by atoms with Gasteiger partial charge in [0.05, 0.1) is 19.3 Å². The molecular weight excluding hydrogens is 320 g/mol. The molecule has 0 aromatic heterocycles. The van der Waals surface area contributed by atoms with Crippen LogP contribution in [0.25, 0.3) is 0 Å². The number of hydrogen-bond acceptors (Lipinski definition) is 4. The van der Waals surface area contributed by atoms with Crippen LogP contribution < -0.4 is 0 Å². The van der Waals surface area contributed by atoms with Crippen LogP contribution in [0, 0.1) is 0 Å². The highest BCUT2D eigenvalue weighted by atomic mass is 35.5. The van der Waals surface area contributed by atoms with Crippen molar-refractivity contribution in [2.45, 2.75) is 12.1 Å². The van der Waals surface area contributed by atoms with Gasteiger partial charge in [-0.25, -0.2) is 0 Å². The third-order valence-corrected chi connectivity index (χ3v) is 4.51. The lowest BCUT2D eigenvalue weighted by molar-refractivity contribution is -0.169. The van der Waals surface area contributed by atoms with Crippen molar-refractivity contribution in [2.24, 2.45) is 0 Å². The highest BCUT2D eigenvalue weighted by molar-refractivity contribution is 6.30. The molecule has 2 saturated heterocycles. The van der Waals surface area contributed by atoms with Crippen LogP contribution in [0.4, 0.5) is 0 Å². The minimum absolute atomic E-state index is 0.0820. The Morgan fingerprint density at radius 3 is 2.52 bits per heavy atom. The van der Waals surface area contributed by atoms with Gasteiger partial charge >= 0.3 is 0 Å². The first-order valence-electron chi connectivity index (χ1n) is 7.57. The summed E-state index contributed by atoms with van der Waals surface area (Å²) in [6.45, 7) is 2.06. The van der Waals surface area contributed by atoms with E-state index in [0.29, 0.717) is 31.3 Å². The fraction of sp³-hybridized carbons (Fsp3) is 0.500. The lowest BCUT2D eigenvalue weighted by Crippen LogP contribution is -2.55. The van der Waals surface area contributed by atoms with Gasteiger partial charge in [-0.3, -0.25) is 9.59 Å². The zero-order valence-electron chi connectivity index (χ0n) is 12.9. The molecule has 3 rings (SSSR count). The summed E-state index contributed by atoms with van der Waals surface area (Å²) in [5.41, 5.74) is 0.830. The number of amides is 2. The molecule has 0 radical (unpaired) electrons. The predicted molar refractivity (Wildman–Crippen MR) is 84.1 cm³/mol. The van der Waals surface area contributed by atoms with E-state index in [1.165, 1.54) is 0 Å². The fourth-order valence-electron chi connectivity index (χ4n) is 2.94. The lowest BCUT2D eigenvalue weighted by Gasteiger charge is -2.40. The summed E-state index contributed by atoms with van der Waals surface area (Å²) in [5, 5.41) is 0.607. The Morgan fingerprint density at radius 2 is 1.87 bits per heavy atom. The van der Waals surface area contributed by atoms with E-state index in [4.69, 9.17) is 21.1 Å². The molecule has 124 valence electrons. The van der Waals surface area contributed by atoms with Gasteiger partial charge < -0.3 is 19.3 Å². The first kappa shape index (κ1) is 16.2. The number of nitrogens with zero attached hydrogens (tertiary/aromatic N) is 2. The highest BCUT2D eigenvalue weighted by Gasteiger charge is 2.41. The van der Waals surface area contributed by atoms with Crippen LogP contribution in [0.1, 0.15) is 11.6 Å². The van der Waals surface area contributed by atoms with Gasteiger partial charge in [0.1, 0.15) is 6.61 Å². The maximum Gasteiger partial charge on any atom is 0.254 e. The molecule has 1 aromatic carbocycles. The van der Waals surface area contributed by atoms with Crippen molar-refractivity contribution >= 4 is 23.4 Å². The minimum Gasteiger partial charge on any atom is -0.378 e. The number of hydrogen-bond donors (Lipinski definition) is 0. The molecular formula is C16H19ClN2O4. The van der Waals surface area contributed by atoms with Crippen molar-refractivity contribution in [2.75, 3.05) is 40.0 Å². The van der Waals surface area contributed by atoms with Crippen molar-refractivity contribution in [3.63, 3.8) is 0 Å². The topological polar surface area (TPSA) is 59.1 Å². The van der Waals surface area contributed by atoms with E-state index in [1.54, 1.807) is 29.0 Å². The largest absolute Gasteiger partial charge is 0.378 e. The molecule has 7 heteroatoms. The monoisotopic (exact) mass is 338 g/mol. The third-order valence-electron chi connectivity index (χ3n) is 4.26. The number of benzene rings is 1. The maximum atomic E-state index is 12.8. The van der Waals surface area contributed by atoms with Gasteiger partial charge in [-0.1, -0.05) is 23.7 Å². The Morgan fingerprint density at radius 1 is 1.22 bits per heavy atom. The molecule has 2 atom stereocenters. The van der Waals surface area contributed by atoms with Crippen molar-refractivity contribution in [1.82, 2.24) is 9.80 Å². The van der Waals surface area contributed by atoms with Gasteiger partial charge in [-0.2, -0.15) is 0 Å². The Balaban J connectivity index is 1.87. The molecule has 0 spiro atoms. The second kappa shape index (κ2) is 6.86. The maximum absolute atomic E-state index is 12.8. The van der Waals surface area contributed by atoms with E-state index in [9.17, 15) is 9.59 Å². The summed E-state index contributed by atoms with van der Waals surface area (Å²) in [4.78, 5) is 28.2. The van der Waals surface area contributed by atoms with Crippen molar-refractivity contribution in [1.29, 1.82) is 0 Å². The number of carbonyl (C=O) groups is 2. The molecule has 23 heavy (non-hydrogen) atoms. The Bertz CT molecular complexity index is 586. The first-order valence-corrected chi connectivity index (χ1v) is 7.95. The van der Waals surface area contributed by atoms with E-state index >= 15 is 0 Å². The van der Waals surface area contributed by atoms with Gasteiger partial charge in [0.15, 0.2) is 6.10 Å². The van der Waals surface area contributed by atoms with Crippen LogP contribution in [0.3, 0.4) is 0 Å². The zero-order valence-corrected chi connectivity index (χ0v) is 13.7. The van der Waals surface area contributed by atoms with Gasteiger partial charge in [0, 0.05) is 25.2 Å².